The van der Waals surface area contributed by atoms with E-state index in [0.29, 0.717) is 0 Å². The van der Waals surface area contributed by atoms with Gasteiger partial charge in [0.1, 0.15) is 0 Å². The summed E-state index contributed by atoms with van der Waals surface area (Å²) in [5.41, 5.74) is 0.0877. The molecule has 0 aromatic heterocycles. The first kappa shape index (κ1) is 34.4. The SMILES string of the molecule is C.CC(C)Oc1ccc(C(=O)O)cc1F.COC(=O)c1ccc(OC(C)C)c(F)c1.[Na+].[OH-]. The average molecular weight is 466 g/mol. The third-order valence-corrected chi connectivity index (χ3v) is 3.26. The monoisotopic (exact) mass is 466 g/mol. The first-order valence-corrected chi connectivity index (χ1v) is 8.79. The number of carboxylic acid groups (broad SMARTS) is 1. The maximum atomic E-state index is 13.4. The van der Waals surface area contributed by atoms with Crippen molar-refractivity contribution in [3.63, 3.8) is 0 Å². The summed E-state index contributed by atoms with van der Waals surface area (Å²) in [6, 6.07) is 7.56. The molecule has 0 fully saturated rings. The Morgan fingerprint density at radius 3 is 1.53 bits per heavy atom. The van der Waals surface area contributed by atoms with Crippen LogP contribution in [0.4, 0.5) is 8.78 Å². The van der Waals surface area contributed by atoms with E-state index in [1.54, 1.807) is 27.7 Å². The Morgan fingerprint density at radius 1 is 0.844 bits per heavy atom. The number of carbonyl (C=O) groups is 2. The van der Waals surface area contributed by atoms with Gasteiger partial charge in [0, 0.05) is 0 Å². The molecule has 0 saturated carbocycles. The summed E-state index contributed by atoms with van der Waals surface area (Å²) >= 11 is 0. The summed E-state index contributed by atoms with van der Waals surface area (Å²) < 4.78 is 41.3. The molecule has 10 heteroatoms. The van der Waals surface area contributed by atoms with Crippen LogP contribution in [-0.2, 0) is 4.74 Å². The van der Waals surface area contributed by atoms with Gasteiger partial charge in [-0.2, -0.15) is 0 Å². The van der Waals surface area contributed by atoms with Gasteiger partial charge in [-0.1, -0.05) is 7.43 Å². The zero-order valence-corrected chi connectivity index (χ0v) is 20.3. The molecule has 0 radical (unpaired) electrons. The molecule has 0 aliphatic rings. The largest absolute Gasteiger partial charge is 1.00 e. The number of methoxy groups -OCH3 is 1. The molecule has 0 aliphatic carbocycles. The van der Waals surface area contributed by atoms with Gasteiger partial charge in [-0.3, -0.25) is 0 Å². The Morgan fingerprint density at radius 2 is 1.22 bits per heavy atom. The van der Waals surface area contributed by atoms with Gasteiger partial charge in [-0.15, -0.1) is 0 Å². The van der Waals surface area contributed by atoms with Gasteiger partial charge in [-0.05, 0) is 64.1 Å². The van der Waals surface area contributed by atoms with E-state index in [1.165, 1.54) is 31.4 Å². The third-order valence-electron chi connectivity index (χ3n) is 3.26. The van der Waals surface area contributed by atoms with Crippen LogP contribution in [0.15, 0.2) is 36.4 Å². The van der Waals surface area contributed by atoms with Gasteiger partial charge in [-0.25, -0.2) is 18.4 Å². The van der Waals surface area contributed by atoms with E-state index < -0.39 is 23.6 Å². The molecule has 7 nitrogen and oxygen atoms in total. The molecule has 0 saturated heterocycles. The molecule has 0 aliphatic heterocycles. The molecule has 32 heavy (non-hydrogen) atoms. The predicted octanol–water partition coefficient (Wildman–Crippen LogP) is 2.17. The molecule has 0 heterocycles. The van der Waals surface area contributed by atoms with Gasteiger partial charge < -0.3 is 24.8 Å². The van der Waals surface area contributed by atoms with Crippen LogP contribution in [0.5, 0.6) is 11.5 Å². The van der Waals surface area contributed by atoms with Crippen LogP contribution in [-0.4, -0.2) is 41.8 Å². The topological polar surface area (TPSA) is 112 Å². The second kappa shape index (κ2) is 16.4. The van der Waals surface area contributed by atoms with E-state index in [-0.39, 0.29) is 77.3 Å². The number of rotatable bonds is 6. The summed E-state index contributed by atoms with van der Waals surface area (Å²) in [5.74, 6) is -2.72. The van der Waals surface area contributed by atoms with Crippen LogP contribution >= 0.6 is 0 Å². The number of halogens is 2. The van der Waals surface area contributed by atoms with Crippen molar-refractivity contribution in [2.24, 2.45) is 0 Å². The van der Waals surface area contributed by atoms with Crippen LogP contribution in [0.2, 0.25) is 0 Å². The van der Waals surface area contributed by atoms with Crippen molar-refractivity contribution in [3.05, 3.63) is 59.2 Å². The minimum absolute atomic E-state index is 0. The summed E-state index contributed by atoms with van der Waals surface area (Å²) in [5, 5.41) is 8.57. The molecular formula is C22H29F2NaO7. The van der Waals surface area contributed by atoms with Gasteiger partial charge in [0.05, 0.1) is 30.4 Å². The number of carbonyl (C=O) groups excluding carboxylic acids is 1. The van der Waals surface area contributed by atoms with Gasteiger partial charge in [0.15, 0.2) is 23.1 Å². The standard InChI is InChI=1S/C11H13FO3.C10H11FO3.CH4.Na.H2O/c1-7(2)15-10-5-4-8(6-9(10)12)11(13)14-3;1-6(2)14-9-4-3-7(10(12)13)5-8(9)11;;;/h4-7H,1-3H3;3-6H,1-2H3,(H,12,13);1H4;;1H2/q;;;+1;/p-1. The van der Waals surface area contributed by atoms with Crippen molar-refractivity contribution < 1.29 is 72.7 Å². The zero-order chi connectivity index (χ0) is 22.1. The Labute approximate surface area is 209 Å². The fourth-order valence-corrected chi connectivity index (χ4v) is 2.08. The molecule has 174 valence electrons. The Hall–Kier alpha value is -2.20. The smallest absolute Gasteiger partial charge is 0.870 e. The third kappa shape index (κ3) is 11.4. The molecule has 0 atom stereocenters. The van der Waals surface area contributed by atoms with Crippen LogP contribution in [0.25, 0.3) is 0 Å². The first-order chi connectivity index (χ1) is 13.5. The molecule has 2 aromatic carbocycles. The van der Waals surface area contributed by atoms with Gasteiger partial charge >= 0.3 is 41.5 Å². The number of carboxylic acids is 1. The summed E-state index contributed by atoms with van der Waals surface area (Å²) in [7, 11) is 1.25. The number of aromatic carboxylic acids is 1. The minimum atomic E-state index is -1.15. The Bertz CT molecular complexity index is 858. The van der Waals surface area contributed by atoms with Gasteiger partial charge in [0.2, 0.25) is 0 Å². The molecular weight excluding hydrogens is 437 g/mol. The zero-order valence-electron chi connectivity index (χ0n) is 18.3. The van der Waals surface area contributed by atoms with Crippen molar-refractivity contribution in [2.45, 2.75) is 47.3 Å². The van der Waals surface area contributed by atoms with Crippen molar-refractivity contribution in [2.75, 3.05) is 7.11 Å². The summed E-state index contributed by atoms with van der Waals surface area (Å²) in [6.07, 6.45) is -0.247. The molecule has 0 spiro atoms. The van der Waals surface area contributed by atoms with E-state index in [1.807, 2.05) is 0 Å². The molecule has 0 unspecified atom stereocenters. The average Bonchev–Trinajstić information content (AvgIpc) is 2.64. The Balaban J connectivity index is -0.000000481. The molecule has 0 bridgehead atoms. The molecule has 2 N–H and O–H groups in total. The van der Waals surface area contributed by atoms with Crippen LogP contribution < -0.4 is 39.0 Å². The first-order valence-electron chi connectivity index (χ1n) is 8.79. The maximum absolute atomic E-state index is 13.4. The van der Waals surface area contributed by atoms with Crippen molar-refractivity contribution >= 4 is 11.9 Å². The molecule has 2 aromatic rings. The van der Waals surface area contributed by atoms with E-state index in [4.69, 9.17) is 14.6 Å². The van der Waals surface area contributed by atoms with Crippen molar-refractivity contribution in [1.29, 1.82) is 0 Å². The number of esters is 1. The van der Waals surface area contributed by atoms with E-state index in [0.717, 1.165) is 12.1 Å². The number of benzene rings is 2. The molecule has 0 amide bonds. The number of hydrogen-bond donors (Lipinski definition) is 1. The van der Waals surface area contributed by atoms with Gasteiger partial charge in [0.25, 0.3) is 0 Å². The van der Waals surface area contributed by atoms with Crippen LogP contribution in [0.3, 0.4) is 0 Å². The van der Waals surface area contributed by atoms with Crippen molar-refractivity contribution in [1.82, 2.24) is 0 Å². The Kier molecular flexibility index (Phi) is 17.7. The maximum Gasteiger partial charge on any atom is 1.00 e. The fourth-order valence-electron chi connectivity index (χ4n) is 2.08. The number of hydrogen-bond acceptors (Lipinski definition) is 6. The second-order valence-electron chi connectivity index (χ2n) is 6.42. The quantitative estimate of drug-likeness (QED) is 0.513. The second-order valence-corrected chi connectivity index (χ2v) is 6.42. The van der Waals surface area contributed by atoms with Crippen LogP contribution in [0, 0.1) is 11.6 Å². The van der Waals surface area contributed by atoms with E-state index in [9.17, 15) is 18.4 Å². The van der Waals surface area contributed by atoms with E-state index >= 15 is 0 Å². The minimum Gasteiger partial charge on any atom is -0.870 e. The summed E-state index contributed by atoms with van der Waals surface area (Å²) in [4.78, 5) is 21.5. The normalized spacial score (nSPS) is 9.28. The van der Waals surface area contributed by atoms with Crippen LogP contribution in [0.1, 0.15) is 55.8 Å². The van der Waals surface area contributed by atoms with E-state index in [2.05, 4.69) is 4.74 Å². The predicted molar refractivity (Wildman–Crippen MR) is 111 cm³/mol. The fraction of sp³-hybridized carbons (Fsp3) is 0.364. The van der Waals surface area contributed by atoms with Crippen molar-refractivity contribution in [3.8, 4) is 11.5 Å². The molecule has 2 rings (SSSR count). The summed E-state index contributed by atoms with van der Waals surface area (Å²) in [6.45, 7) is 7.14. The number of ether oxygens (including phenoxy) is 3.